The zero-order valence-corrected chi connectivity index (χ0v) is 25.3. The number of carbonyl (C=O) groups excluding carboxylic acids is 3. The molecule has 3 amide bonds. The van der Waals surface area contributed by atoms with E-state index < -0.39 is 18.1 Å². The molecular weight excluding hydrogens is 556 g/mol. The van der Waals surface area contributed by atoms with Crippen LogP contribution in [0.2, 0.25) is 0 Å². The Labute approximate surface area is 252 Å². The maximum atomic E-state index is 14.5. The Morgan fingerprint density at radius 3 is 2.38 bits per heavy atom. The Morgan fingerprint density at radius 1 is 1.02 bits per heavy atom. The van der Waals surface area contributed by atoms with Crippen molar-refractivity contribution in [1.82, 2.24) is 10.6 Å². The number of halogens is 1. The maximum absolute atomic E-state index is 14.5. The van der Waals surface area contributed by atoms with Gasteiger partial charge in [0.05, 0.1) is 37.1 Å². The SMILES string of the molecule is CNC(C)C(=O)N[C@@H]1C(=O)N(Cc2c(OC)ccc3ccccc23)c2ccccc2N(C(=O)C2CCOCC2)[C@H]1C.Cl. The van der Waals surface area contributed by atoms with E-state index in [1.54, 1.807) is 30.9 Å². The van der Waals surface area contributed by atoms with Crippen LogP contribution in [0.3, 0.4) is 0 Å². The lowest BCUT2D eigenvalue weighted by molar-refractivity contribution is -0.130. The van der Waals surface area contributed by atoms with Crippen molar-refractivity contribution in [3.63, 3.8) is 0 Å². The van der Waals surface area contributed by atoms with Crippen molar-refractivity contribution in [2.24, 2.45) is 5.92 Å². The molecule has 1 saturated heterocycles. The Balaban J connectivity index is 0.00000405. The van der Waals surface area contributed by atoms with Crippen molar-refractivity contribution in [2.45, 2.75) is 51.4 Å². The smallest absolute Gasteiger partial charge is 0.252 e. The van der Waals surface area contributed by atoms with Gasteiger partial charge in [-0.05, 0) is 62.7 Å². The van der Waals surface area contributed by atoms with E-state index in [-0.39, 0.29) is 42.6 Å². The highest BCUT2D eigenvalue weighted by atomic mass is 35.5. The zero-order chi connectivity index (χ0) is 29.1. The van der Waals surface area contributed by atoms with Gasteiger partial charge in [0.25, 0.3) is 5.91 Å². The van der Waals surface area contributed by atoms with Gasteiger partial charge in [-0.15, -0.1) is 12.4 Å². The molecule has 2 N–H and O–H groups in total. The summed E-state index contributed by atoms with van der Waals surface area (Å²) in [6.07, 6.45) is 1.23. The van der Waals surface area contributed by atoms with Crippen molar-refractivity contribution < 1.29 is 23.9 Å². The largest absolute Gasteiger partial charge is 0.496 e. The molecule has 3 atom stereocenters. The summed E-state index contributed by atoms with van der Waals surface area (Å²) in [4.78, 5) is 45.2. The van der Waals surface area contributed by atoms with Crippen LogP contribution in [0.4, 0.5) is 11.4 Å². The number of nitrogens with zero attached hydrogens (tertiary/aromatic N) is 2. The average molecular weight is 595 g/mol. The van der Waals surface area contributed by atoms with Gasteiger partial charge in [0.15, 0.2) is 0 Å². The number of carbonyl (C=O) groups is 3. The van der Waals surface area contributed by atoms with E-state index in [4.69, 9.17) is 9.47 Å². The van der Waals surface area contributed by atoms with Crippen molar-refractivity contribution in [2.75, 3.05) is 37.2 Å². The molecule has 42 heavy (non-hydrogen) atoms. The van der Waals surface area contributed by atoms with Crippen molar-refractivity contribution in [3.8, 4) is 5.75 Å². The Bertz CT molecular complexity index is 1440. The molecule has 0 radical (unpaired) electrons. The number of nitrogens with one attached hydrogen (secondary N) is 2. The van der Waals surface area contributed by atoms with E-state index in [0.717, 1.165) is 16.3 Å². The maximum Gasteiger partial charge on any atom is 0.252 e. The predicted octanol–water partition coefficient (Wildman–Crippen LogP) is 4.06. The van der Waals surface area contributed by atoms with Gasteiger partial charge in [0.1, 0.15) is 11.8 Å². The third-order valence-corrected chi connectivity index (χ3v) is 8.32. The number of para-hydroxylation sites is 2. The summed E-state index contributed by atoms with van der Waals surface area (Å²) in [6.45, 7) is 4.81. The van der Waals surface area contributed by atoms with Crippen LogP contribution in [0.15, 0.2) is 60.7 Å². The van der Waals surface area contributed by atoms with Crippen LogP contribution in [0.5, 0.6) is 5.75 Å². The lowest BCUT2D eigenvalue weighted by Crippen LogP contribution is -2.60. The van der Waals surface area contributed by atoms with Gasteiger partial charge >= 0.3 is 0 Å². The number of benzene rings is 3. The molecular formula is C32H39ClN4O5. The first-order valence-corrected chi connectivity index (χ1v) is 14.2. The molecule has 1 unspecified atom stereocenters. The molecule has 0 spiro atoms. The lowest BCUT2D eigenvalue weighted by atomic mass is 9.96. The number of amides is 3. The molecule has 3 aromatic rings. The van der Waals surface area contributed by atoms with Crippen LogP contribution >= 0.6 is 12.4 Å². The fourth-order valence-electron chi connectivity index (χ4n) is 5.80. The molecule has 10 heteroatoms. The minimum absolute atomic E-state index is 0. The Morgan fingerprint density at radius 2 is 1.69 bits per heavy atom. The fraction of sp³-hybridized carbons (Fsp3) is 0.406. The van der Waals surface area contributed by atoms with Gasteiger partial charge in [-0.2, -0.15) is 0 Å². The third kappa shape index (κ3) is 5.95. The van der Waals surface area contributed by atoms with Crippen LogP contribution in [-0.4, -0.2) is 63.2 Å². The molecule has 1 fully saturated rings. The molecule has 2 aliphatic rings. The second-order valence-corrected chi connectivity index (χ2v) is 10.7. The molecule has 224 valence electrons. The Hall–Kier alpha value is -3.66. The van der Waals surface area contributed by atoms with Gasteiger partial charge in [0.2, 0.25) is 11.8 Å². The summed E-state index contributed by atoms with van der Waals surface area (Å²) in [5, 5.41) is 7.90. The van der Waals surface area contributed by atoms with E-state index >= 15 is 0 Å². The number of likely N-dealkylation sites (N-methyl/N-ethyl adjacent to an activating group) is 1. The minimum atomic E-state index is -0.976. The van der Waals surface area contributed by atoms with Crippen LogP contribution in [0.25, 0.3) is 10.8 Å². The number of methoxy groups -OCH3 is 1. The summed E-state index contributed by atoms with van der Waals surface area (Å²) < 4.78 is 11.3. The second-order valence-electron chi connectivity index (χ2n) is 10.7. The van der Waals surface area contributed by atoms with E-state index in [1.807, 2.05) is 67.6 Å². The van der Waals surface area contributed by atoms with Crippen molar-refractivity contribution in [1.29, 1.82) is 0 Å². The highest BCUT2D eigenvalue weighted by Gasteiger charge is 2.44. The first-order valence-electron chi connectivity index (χ1n) is 14.2. The predicted molar refractivity (Wildman–Crippen MR) is 166 cm³/mol. The summed E-state index contributed by atoms with van der Waals surface area (Å²) in [5.41, 5.74) is 2.10. The average Bonchev–Trinajstić information content (AvgIpc) is 3.09. The number of anilines is 2. The number of hydrogen-bond donors (Lipinski definition) is 2. The summed E-state index contributed by atoms with van der Waals surface area (Å²) in [7, 11) is 3.31. The van der Waals surface area contributed by atoms with Crippen LogP contribution in [0.1, 0.15) is 32.3 Å². The first-order chi connectivity index (χ1) is 19.8. The molecule has 5 rings (SSSR count). The highest BCUT2D eigenvalue weighted by molar-refractivity contribution is 6.09. The molecule has 0 bridgehead atoms. The number of hydrogen-bond acceptors (Lipinski definition) is 6. The van der Waals surface area contributed by atoms with E-state index in [0.29, 0.717) is 43.2 Å². The molecule has 0 aromatic heterocycles. The van der Waals surface area contributed by atoms with Gasteiger partial charge in [0, 0.05) is 24.7 Å². The quantitative estimate of drug-likeness (QED) is 0.428. The van der Waals surface area contributed by atoms with Crippen LogP contribution < -0.4 is 25.2 Å². The van der Waals surface area contributed by atoms with Gasteiger partial charge < -0.3 is 29.9 Å². The van der Waals surface area contributed by atoms with E-state index in [2.05, 4.69) is 10.6 Å². The van der Waals surface area contributed by atoms with Crippen LogP contribution in [0, 0.1) is 5.92 Å². The second kappa shape index (κ2) is 13.5. The molecule has 0 saturated carbocycles. The number of fused-ring (bicyclic) bond motifs is 2. The monoisotopic (exact) mass is 594 g/mol. The number of rotatable bonds is 7. The summed E-state index contributed by atoms with van der Waals surface area (Å²) in [6, 6.07) is 17.2. The van der Waals surface area contributed by atoms with E-state index in [9.17, 15) is 14.4 Å². The van der Waals surface area contributed by atoms with Crippen LogP contribution in [-0.2, 0) is 25.7 Å². The number of ether oxygens (including phenoxy) is 2. The van der Waals surface area contributed by atoms with Crippen molar-refractivity contribution >= 4 is 52.3 Å². The minimum Gasteiger partial charge on any atom is -0.496 e. The van der Waals surface area contributed by atoms with Gasteiger partial charge in [-0.1, -0.05) is 42.5 Å². The molecule has 3 aromatic carbocycles. The summed E-state index contributed by atoms with van der Waals surface area (Å²) in [5.74, 6) is -0.243. The Kier molecular flexibility index (Phi) is 10.1. The third-order valence-electron chi connectivity index (χ3n) is 8.32. The van der Waals surface area contributed by atoms with Gasteiger partial charge in [-0.3, -0.25) is 14.4 Å². The van der Waals surface area contributed by atoms with Gasteiger partial charge in [-0.25, -0.2) is 0 Å². The fourth-order valence-corrected chi connectivity index (χ4v) is 5.80. The highest BCUT2D eigenvalue weighted by Crippen LogP contribution is 2.39. The lowest BCUT2D eigenvalue weighted by Gasteiger charge is -2.35. The standard InChI is InChI=1S/C32H38N4O5.ClH/c1-20(33-3)30(37)34-29-21(2)36(31(38)23-15-17-41-18-16-23)27-12-8-7-11-26(27)35(32(29)39)19-25-24-10-6-5-9-22(24)13-14-28(25)40-4;/h5-14,20-21,23,29,33H,15-19H2,1-4H3,(H,34,37);1H/t20?,21-,29-;/m0./s1. The zero-order valence-electron chi connectivity index (χ0n) is 24.5. The topological polar surface area (TPSA) is 100 Å². The molecule has 2 heterocycles. The normalized spacial score (nSPS) is 19.9. The molecule has 0 aliphatic carbocycles. The summed E-state index contributed by atoms with van der Waals surface area (Å²) >= 11 is 0. The van der Waals surface area contributed by atoms with Crippen molar-refractivity contribution in [3.05, 3.63) is 66.2 Å². The van der Waals surface area contributed by atoms with E-state index in [1.165, 1.54) is 0 Å². The first kappa shape index (κ1) is 31.3. The molecule has 9 nitrogen and oxygen atoms in total. The molecule has 2 aliphatic heterocycles.